The largest absolute Gasteiger partial charge is 0.325 e. The maximum Gasteiger partial charge on any atom is 0.318 e. The molecular formula is C20H14N2O6S2. The van der Waals surface area contributed by atoms with E-state index in [1.54, 1.807) is 24.3 Å². The first kappa shape index (κ1) is 20.1. The summed E-state index contributed by atoms with van der Waals surface area (Å²) in [7, 11) is -4.49. The predicted molar refractivity (Wildman–Crippen MR) is 112 cm³/mol. The van der Waals surface area contributed by atoms with Crippen molar-refractivity contribution in [1.82, 2.24) is 5.06 Å². The Morgan fingerprint density at radius 1 is 0.933 bits per heavy atom. The third kappa shape index (κ3) is 3.45. The first-order valence-electron chi connectivity index (χ1n) is 8.68. The van der Waals surface area contributed by atoms with E-state index in [0.717, 1.165) is 0 Å². The van der Waals surface area contributed by atoms with Crippen LogP contribution in [-0.2, 0) is 19.2 Å². The molecule has 0 atom stereocenters. The van der Waals surface area contributed by atoms with Crippen molar-refractivity contribution in [2.75, 3.05) is 11.1 Å². The van der Waals surface area contributed by atoms with Crippen LogP contribution in [0.3, 0.4) is 0 Å². The number of rotatable bonds is 5. The second-order valence-electron chi connectivity index (χ2n) is 6.37. The van der Waals surface area contributed by atoms with Gasteiger partial charge in [0, 0.05) is 11.1 Å². The molecule has 0 aromatic heterocycles. The van der Waals surface area contributed by atoms with Gasteiger partial charge in [0.15, 0.2) is 0 Å². The number of thiol groups is 1. The van der Waals surface area contributed by atoms with Crippen molar-refractivity contribution in [3.63, 3.8) is 0 Å². The molecule has 30 heavy (non-hydrogen) atoms. The Morgan fingerprint density at radius 2 is 1.50 bits per heavy atom. The van der Waals surface area contributed by atoms with Gasteiger partial charge in [-0.15, -0.1) is 9.35 Å². The number of carbonyl (C=O) groups excluding carboxylic acids is 3. The van der Waals surface area contributed by atoms with Crippen LogP contribution in [0.15, 0.2) is 65.6 Å². The lowest BCUT2D eigenvalue weighted by molar-refractivity contribution is -0.113. The maximum absolute atomic E-state index is 12.8. The van der Waals surface area contributed by atoms with Crippen molar-refractivity contribution in [2.24, 2.45) is 0 Å². The lowest BCUT2D eigenvalue weighted by atomic mass is 9.95. The van der Waals surface area contributed by atoms with Crippen LogP contribution in [0.1, 0.15) is 20.7 Å². The number of amides is 3. The molecule has 1 aliphatic heterocycles. The number of hydrogen-bond donors (Lipinski definition) is 2. The van der Waals surface area contributed by atoms with Crippen molar-refractivity contribution in [2.45, 2.75) is 4.90 Å². The van der Waals surface area contributed by atoms with Gasteiger partial charge in [0.2, 0.25) is 5.91 Å². The van der Waals surface area contributed by atoms with Gasteiger partial charge in [0.1, 0.15) is 0 Å². The summed E-state index contributed by atoms with van der Waals surface area (Å²) in [6.45, 7) is 0. The monoisotopic (exact) mass is 442 g/mol. The summed E-state index contributed by atoms with van der Waals surface area (Å²) in [5.41, 5.74) is 0.698. The van der Waals surface area contributed by atoms with E-state index in [-0.39, 0.29) is 32.7 Å². The fourth-order valence-corrected chi connectivity index (χ4v) is 4.09. The number of anilines is 1. The fourth-order valence-electron chi connectivity index (χ4n) is 3.12. The predicted octanol–water partition coefficient (Wildman–Crippen LogP) is 2.62. The van der Waals surface area contributed by atoms with E-state index in [9.17, 15) is 22.8 Å². The number of nitrogens with one attached hydrogen (secondary N) is 1. The Balaban J connectivity index is 1.65. The van der Waals surface area contributed by atoms with E-state index in [1.807, 2.05) is 0 Å². The van der Waals surface area contributed by atoms with E-state index in [2.05, 4.69) is 17.9 Å². The first-order chi connectivity index (χ1) is 14.3. The molecule has 8 nitrogen and oxygen atoms in total. The molecule has 3 amide bonds. The van der Waals surface area contributed by atoms with Gasteiger partial charge < -0.3 is 5.32 Å². The molecule has 4 rings (SSSR count). The fraction of sp³-hybridized carbons (Fsp3) is 0.0500. The summed E-state index contributed by atoms with van der Waals surface area (Å²) in [5.74, 6) is -2.13. The second kappa shape index (κ2) is 7.56. The molecule has 1 N–H and O–H groups in total. The molecule has 10 heteroatoms. The summed E-state index contributed by atoms with van der Waals surface area (Å²) >= 11 is 3.84. The minimum absolute atomic E-state index is 0.0312. The van der Waals surface area contributed by atoms with Crippen molar-refractivity contribution in [3.05, 3.63) is 71.8 Å². The van der Waals surface area contributed by atoms with E-state index < -0.39 is 21.9 Å². The number of imide groups is 1. The van der Waals surface area contributed by atoms with Crippen LogP contribution in [0, 0.1) is 0 Å². The molecule has 1 heterocycles. The lowest BCUT2D eigenvalue weighted by Gasteiger charge is -2.25. The van der Waals surface area contributed by atoms with Gasteiger partial charge >= 0.3 is 10.1 Å². The summed E-state index contributed by atoms with van der Waals surface area (Å²) in [6, 6.07) is 14.9. The zero-order valence-corrected chi connectivity index (χ0v) is 16.9. The molecule has 0 saturated carbocycles. The van der Waals surface area contributed by atoms with Crippen molar-refractivity contribution in [3.8, 4) is 0 Å². The number of hydrogen-bond acceptors (Lipinski definition) is 7. The van der Waals surface area contributed by atoms with Crippen LogP contribution in [0.25, 0.3) is 10.8 Å². The van der Waals surface area contributed by atoms with Gasteiger partial charge in [0.05, 0.1) is 21.8 Å². The van der Waals surface area contributed by atoms with Crippen LogP contribution in [0.5, 0.6) is 0 Å². The lowest BCUT2D eigenvalue weighted by Crippen LogP contribution is -2.41. The highest BCUT2D eigenvalue weighted by atomic mass is 32.2. The quantitative estimate of drug-likeness (QED) is 0.464. The number of carbonyl (C=O) groups is 3. The number of benzene rings is 3. The maximum atomic E-state index is 12.8. The third-order valence-corrected chi connectivity index (χ3v) is 5.96. The van der Waals surface area contributed by atoms with Crippen LogP contribution in [0.4, 0.5) is 5.69 Å². The van der Waals surface area contributed by atoms with Crippen LogP contribution < -0.4 is 5.32 Å². The minimum Gasteiger partial charge on any atom is -0.325 e. The van der Waals surface area contributed by atoms with Gasteiger partial charge in [-0.3, -0.25) is 14.4 Å². The smallest absolute Gasteiger partial charge is 0.318 e. The molecule has 0 unspecified atom stereocenters. The minimum atomic E-state index is -4.49. The van der Waals surface area contributed by atoms with E-state index in [4.69, 9.17) is 4.28 Å². The highest BCUT2D eigenvalue weighted by Gasteiger charge is 2.37. The zero-order valence-electron chi connectivity index (χ0n) is 15.2. The molecule has 0 aliphatic carbocycles. The zero-order chi connectivity index (χ0) is 21.5. The highest BCUT2D eigenvalue weighted by molar-refractivity contribution is 7.86. The molecular weight excluding hydrogens is 428 g/mol. The second-order valence-corrected chi connectivity index (χ2v) is 8.22. The first-order valence-corrected chi connectivity index (χ1v) is 10.7. The van der Waals surface area contributed by atoms with Crippen LogP contribution >= 0.6 is 12.6 Å². The molecule has 1 aliphatic rings. The SMILES string of the molecule is O=C(CS)Nc1ccc(S(=O)(=O)ON2C(=O)c3cccc4cccc(c34)C2=O)cc1. The molecule has 0 bridgehead atoms. The Kier molecular flexibility index (Phi) is 5.06. The van der Waals surface area contributed by atoms with Crippen LogP contribution in [-0.4, -0.2) is 37.0 Å². The van der Waals surface area contributed by atoms with Crippen molar-refractivity contribution >= 4 is 56.9 Å². The van der Waals surface area contributed by atoms with Crippen LogP contribution in [0.2, 0.25) is 0 Å². The molecule has 0 radical (unpaired) electrons. The Bertz CT molecular complexity index is 1250. The number of hydroxylamine groups is 2. The Morgan fingerprint density at radius 3 is 2.03 bits per heavy atom. The molecule has 152 valence electrons. The normalized spacial score (nSPS) is 13.6. The average Bonchev–Trinajstić information content (AvgIpc) is 2.75. The summed E-state index contributed by atoms with van der Waals surface area (Å²) in [6.07, 6.45) is 0. The highest BCUT2D eigenvalue weighted by Crippen LogP contribution is 2.31. The van der Waals surface area contributed by atoms with E-state index in [1.165, 1.54) is 36.4 Å². The Labute approximate surface area is 176 Å². The van der Waals surface area contributed by atoms with Crippen molar-refractivity contribution < 1.29 is 27.1 Å². The van der Waals surface area contributed by atoms with Gasteiger partial charge in [-0.05, 0) is 41.8 Å². The standard InChI is InChI=1S/C20H14N2O6S2/c23-17(11-29)21-13-7-9-14(10-8-13)30(26,27)28-22-19(24)15-5-1-3-12-4-2-6-16(18(12)15)20(22)25/h1-10,29H,11H2,(H,21,23). The van der Waals surface area contributed by atoms with Gasteiger partial charge in [-0.2, -0.15) is 21.0 Å². The molecule has 3 aromatic carbocycles. The summed E-state index contributed by atoms with van der Waals surface area (Å²) < 4.78 is 30.3. The van der Waals surface area contributed by atoms with E-state index >= 15 is 0 Å². The molecule has 0 fully saturated rings. The van der Waals surface area contributed by atoms with Gasteiger partial charge in [-0.1, -0.05) is 24.3 Å². The van der Waals surface area contributed by atoms with Crippen molar-refractivity contribution in [1.29, 1.82) is 0 Å². The van der Waals surface area contributed by atoms with Gasteiger partial charge in [0.25, 0.3) is 11.8 Å². The molecule has 0 spiro atoms. The number of nitrogens with zero attached hydrogens (tertiary/aromatic N) is 1. The summed E-state index contributed by atoms with van der Waals surface area (Å²) in [5, 5.41) is 3.91. The van der Waals surface area contributed by atoms with Gasteiger partial charge in [-0.25, -0.2) is 0 Å². The Hall–Kier alpha value is -3.21. The third-order valence-electron chi connectivity index (χ3n) is 4.48. The van der Waals surface area contributed by atoms with E-state index in [0.29, 0.717) is 16.5 Å². The molecule has 0 saturated heterocycles. The summed E-state index contributed by atoms with van der Waals surface area (Å²) in [4.78, 5) is 36.7. The topological polar surface area (TPSA) is 110 Å². The average molecular weight is 442 g/mol. The molecule has 3 aromatic rings.